The van der Waals surface area contributed by atoms with Crippen LogP contribution in [0.4, 0.5) is 0 Å². The molecule has 0 fully saturated rings. The van der Waals surface area contributed by atoms with Crippen molar-refractivity contribution in [3.63, 3.8) is 0 Å². The van der Waals surface area contributed by atoms with Gasteiger partial charge in [-0.25, -0.2) is 0 Å². The van der Waals surface area contributed by atoms with Gasteiger partial charge in [0, 0.05) is 10.1 Å². The molecule has 0 aliphatic heterocycles. The van der Waals surface area contributed by atoms with Crippen LogP contribution in [-0.2, 0) is 14.3 Å². The Morgan fingerprint density at radius 3 is 1.82 bits per heavy atom. The summed E-state index contributed by atoms with van der Waals surface area (Å²) >= 11 is 12.4. The normalized spacial score (nSPS) is 15.0. The highest BCUT2D eigenvalue weighted by molar-refractivity contribution is 6.39. The molecule has 0 saturated heterocycles. The summed E-state index contributed by atoms with van der Waals surface area (Å²) in [5.74, 6) is -2.03. The Hall–Kier alpha value is -0.740. The molecule has 22 heavy (non-hydrogen) atoms. The molecule has 0 spiro atoms. The zero-order valence-corrected chi connectivity index (χ0v) is 15.0. The number of rotatable bonds is 11. The van der Waals surface area contributed by atoms with Crippen LogP contribution in [0.1, 0.15) is 59.3 Å². The van der Waals surface area contributed by atoms with E-state index in [1.165, 1.54) is 0 Å². The van der Waals surface area contributed by atoms with Gasteiger partial charge in [-0.1, -0.05) is 49.9 Å². The third-order valence-electron chi connectivity index (χ3n) is 3.39. The number of carboxylic acid groups (broad SMARTS) is 1. The highest BCUT2D eigenvalue weighted by atomic mass is 35.5. The van der Waals surface area contributed by atoms with Crippen LogP contribution in [0.5, 0.6) is 0 Å². The van der Waals surface area contributed by atoms with Gasteiger partial charge in [0.15, 0.2) is 0 Å². The van der Waals surface area contributed by atoms with E-state index in [9.17, 15) is 9.59 Å². The molecular weight excluding hydrogens is 327 g/mol. The molecule has 6 heteroatoms. The molecule has 4 nitrogen and oxygen atoms in total. The van der Waals surface area contributed by atoms with Gasteiger partial charge in [0.25, 0.3) is 0 Å². The summed E-state index contributed by atoms with van der Waals surface area (Å²) in [6, 6.07) is 0. The molecule has 1 N–H and O–H groups in total. The number of ether oxygens (including phenoxy) is 1. The first-order chi connectivity index (χ1) is 10.4. The van der Waals surface area contributed by atoms with Crippen molar-refractivity contribution in [2.45, 2.75) is 59.3 Å². The quantitative estimate of drug-likeness (QED) is 0.535. The average molecular weight is 353 g/mol. The second kappa shape index (κ2) is 11.8. The first-order valence-electron chi connectivity index (χ1n) is 7.79. The monoisotopic (exact) mass is 352 g/mol. The maximum absolute atomic E-state index is 11.9. The van der Waals surface area contributed by atoms with Gasteiger partial charge in [-0.05, 0) is 32.6 Å². The number of hydrogen-bond donors (Lipinski definition) is 1. The van der Waals surface area contributed by atoms with E-state index < -0.39 is 11.9 Å². The molecule has 0 aromatic heterocycles. The third-order valence-corrected chi connectivity index (χ3v) is 4.25. The molecule has 0 aromatic carbocycles. The van der Waals surface area contributed by atoms with Crippen LogP contribution in [0.25, 0.3) is 0 Å². The van der Waals surface area contributed by atoms with Crippen LogP contribution >= 0.6 is 23.2 Å². The van der Waals surface area contributed by atoms with Crippen LogP contribution in [0, 0.1) is 11.8 Å². The highest BCUT2D eigenvalue weighted by Gasteiger charge is 2.23. The van der Waals surface area contributed by atoms with E-state index in [4.69, 9.17) is 33.0 Å². The molecule has 0 aliphatic carbocycles. The number of allylic oxidation sites excluding steroid dienone is 2. The van der Waals surface area contributed by atoms with Crippen LogP contribution in [0.15, 0.2) is 10.1 Å². The molecule has 0 saturated carbocycles. The largest absolute Gasteiger partial charge is 0.481 e. The van der Waals surface area contributed by atoms with Crippen molar-refractivity contribution in [3.8, 4) is 0 Å². The number of esters is 1. The highest BCUT2D eigenvalue weighted by Crippen LogP contribution is 2.30. The number of halogens is 2. The fourth-order valence-electron chi connectivity index (χ4n) is 2.23. The lowest BCUT2D eigenvalue weighted by Crippen LogP contribution is -2.18. The molecule has 0 aromatic rings. The summed E-state index contributed by atoms with van der Waals surface area (Å²) in [6.07, 6.45) is 3.30. The second-order valence-electron chi connectivity index (χ2n) is 5.28. The zero-order chi connectivity index (χ0) is 17.1. The van der Waals surface area contributed by atoms with Crippen molar-refractivity contribution in [2.75, 3.05) is 6.61 Å². The van der Waals surface area contributed by atoms with E-state index in [0.717, 1.165) is 12.8 Å². The molecule has 0 rings (SSSR count). The van der Waals surface area contributed by atoms with Crippen molar-refractivity contribution in [2.24, 2.45) is 11.8 Å². The molecule has 128 valence electrons. The summed E-state index contributed by atoms with van der Waals surface area (Å²) < 4.78 is 5.04. The lowest BCUT2D eigenvalue weighted by molar-refractivity contribution is -0.148. The Bertz CT molecular complexity index is 394. The molecule has 0 radical (unpaired) electrons. The smallest absolute Gasteiger partial charge is 0.309 e. The number of carbonyl (C=O) groups is 2. The number of aliphatic carboxylic acids is 1. The third kappa shape index (κ3) is 8.04. The maximum atomic E-state index is 11.9. The Morgan fingerprint density at radius 1 is 0.955 bits per heavy atom. The van der Waals surface area contributed by atoms with Gasteiger partial charge in [-0.3, -0.25) is 9.59 Å². The van der Waals surface area contributed by atoms with Crippen molar-refractivity contribution in [3.05, 3.63) is 10.1 Å². The van der Waals surface area contributed by atoms with Crippen molar-refractivity contribution < 1.29 is 19.4 Å². The average Bonchev–Trinajstić information content (AvgIpc) is 2.46. The van der Waals surface area contributed by atoms with Gasteiger partial charge in [-0.15, -0.1) is 0 Å². The number of hydrogen-bond acceptors (Lipinski definition) is 3. The van der Waals surface area contributed by atoms with Crippen molar-refractivity contribution in [1.29, 1.82) is 0 Å². The summed E-state index contributed by atoms with van der Waals surface area (Å²) in [5.41, 5.74) is 0. The molecule has 0 bridgehead atoms. The van der Waals surface area contributed by atoms with Crippen LogP contribution < -0.4 is 0 Å². The first kappa shape index (κ1) is 21.3. The summed E-state index contributed by atoms with van der Waals surface area (Å²) in [4.78, 5) is 23.1. The molecule has 0 heterocycles. The summed E-state index contributed by atoms with van der Waals surface area (Å²) in [6.45, 7) is 5.99. The van der Waals surface area contributed by atoms with Crippen LogP contribution in [-0.4, -0.2) is 23.7 Å². The molecular formula is C16H26Cl2O4. The van der Waals surface area contributed by atoms with Crippen molar-refractivity contribution >= 4 is 35.1 Å². The number of carboxylic acids is 1. The van der Waals surface area contributed by atoms with Crippen LogP contribution in [0.2, 0.25) is 0 Å². The van der Waals surface area contributed by atoms with Gasteiger partial charge in [-0.2, -0.15) is 0 Å². The van der Waals surface area contributed by atoms with Crippen LogP contribution in [0.3, 0.4) is 0 Å². The Kier molecular flexibility index (Phi) is 11.4. The Balaban J connectivity index is 4.88. The van der Waals surface area contributed by atoms with Gasteiger partial charge < -0.3 is 9.84 Å². The van der Waals surface area contributed by atoms with Gasteiger partial charge >= 0.3 is 11.9 Å². The van der Waals surface area contributed by atoms with Gasteiger partial charge in [0.2, 0.25) is 0 Å². The van der Waals surface area contributed by atoms with E-state index in [1.54, 1.807) is 6.92 Å². The lowest BCUT2D eigenvalue weighted by Gasteiger charge is -2.16. The molecule has 2 atom stereocenters. The van der Waals surface area contributed by atoms with E-state index in [2.05, 4.69) is 0 Å². The van der Waals surface area contributed by atoms with Gasteiger partial charge in [0.05, 0.1) is 18.4 Å². The van der Waals surface area contributed by atoms with Gasteiger partial charge in [0.1, 0.15) is 0 Å². The summed E-state index contributed by atoms with van der Waals surface area (Å²) in [7, 11) is 0. The van der Waals surface area contributed by atoms with E-state index in [1.807, 2.05) is 13.8 Å². The van der Waals surface area contributed by atoms with E-state index in [0.29, 0.717) is 35.9 Å². The fourth-order valence-corrected chi connectivity index (χ4v) is 2.75. The zero-order valence-electron chi connectivity index (χ0n) is 13.5. The fraction of sp³-hybridized carbons (Fsp3) is 0.750. The van der Waals surface area contributed by atoms with E-state index in [-0.39, 0.29) is 18.3 Å². The Morgan fingerprint density at radius 2 is 1.41 bits per heavy atom. The minimum atomic E-state index is -0.875. The first-order valence-corrected chi connectivity index (χ1v) is 8.55. The maximum Gasteiger partial charge on any atom is 0.309 e. The second-order valence-corrected chi connectivity index (χ2v) is 6.19. The van der Waals surface area contributed by atoms with E-state index >= 15 is 0 Å². The number of carbonyl (C=O) groups excluding carboxylic acids is 1. The summed E-state index contributed by atoms with van der Waals surface area (Å²) in [5, 5.41) is 9.84. The molecule has 0 aliphatic rings. The minimum Gasteiger partial charge on any atom is -0.481 e. The molecule has 0 amide bonds. The Labute approximate surface area is 142 Å². The standard InChI is InChI=1S/C16H26Cl2O4/c1-4-7-11(15(19)20)9-13(17)14(18)10-12(8-5-2)16(21)22-6-3/h11-12H,4-10H2,1-3H3,(H,19,20). The lowest BCUT2D eigenvalue weighted by atomic mass is 9.96. The predicted molar refractivity (Wildman–Crippen MR) is 89.0 cm³/mol. The van der Waals surface area contributed by atoms with Crippen molar-refractivity contribution in [1.82, 2.24) is 0 Å². The topological polar surface area (TPSA) is 63.6 Å². The minimum absolute atomic E-state index is 0.200. The SMILES string of the molecule is CCCC(CC(Cl)=C(Cl)CC(CCC)C(=O)OCC)C(=O)O. The predicted octanol–water partition coefficient (Wildman–Crippen LogP) is 4.94. The molecule has 2 unspecified atom stereocenters.